The number of hydrogen-bond acceptors (Lipinski definition) is 4. The van der Waals surface area contributed by atoms with Crippen molar-refractivity contribution in [1.29, 1.82) is 0 Å². The molecule has 2 aliphatic rings. The first-order valence-corrected chi connectivity index (χ1v) is 6.12. The van der Waals surface area contributed by atoms with E-state index < -0.39 is 6.10 Å². The van der Waals surface area contributed by atoms with Gasteiger partial charge in [0.2, 0.25) is 0 Å². The van der Waals surface area contributed by atoms with E-state index in [0.29, 0.717) is 13.2 Å². The Morgan fingerprint density at radius 3 is 2.78 bits per heavy atom. The van der Waals surface area contributed by atoms with Crippen molar-refractivity contribution >= 4 is 0 Å². The molecule has 2 aliphatic heterocycles. The Hall–Kier alpha value is -1.20. The SMILES string of the molecule is O[C@@H]1C=C[C@H]2O[C@@H]1[C@H](COCc1ccccc1)O2. The normalized spacial score (nSPS) is 33.8. The fourth-order valence-electron chi connectivity index (χ4n) is 2.23. The second-order valence-electron chi connectivity index (χ2n) is 4.52. The third-order valence-electron chi connectivity index (χ3n) is 3.16. The van der Waals surface area contributed by atoms with E-state index in [1.165, 1.54) is 0 Å². The van der Waals surface area contributed by atoms with Gasteiger partial charge in [0.25, 0.3) is 0 Å². The number of aliphatic hydroxyl groups is 1. The van der Waals surface area contributed by atoms with Crippen molar-refractivity contribution in [1.82, 2.24) is 0 Å². The van der Waals surface area contributed by atoms with Crippen LogP contribution in [0.4, 0.5) is 0 Å². The van der Waals surface area contributed by atoms with Gasteiger partial charge in [-0.2, -0.15) is 0 Å². The highest BCUT2D eigenvalue weighted by atomic mass is 16.7. The maximum absolute atomic E-state index is 9.74. The van der Waals surface area contributed by atoms with E-state index in [-0.39, 0.29) is 18.5 Å². The molecule has 4 nitrogen and oxygen atoms in total. The summed E-state index contributed by atoms with van der Waals surface area (Å²) in [6, 6.07) is 9.97. The van der Waals surface area contributed by atoms with Crippen LogP contribution in [-0.2, 0) is 20.8 Å². The number of fused-ring (bicyclic) bond motifs is 2. The van der Waals surface area contributed by atoms with Crippen molar-refractivity contribution in [3.8, 4) is 0 Å². The van der Waals surface area contributed by atoms with Crippen LogP contribution in [0.15, 0.2) is 42.5 Å². The molecule has 0 aromatic heterocycles. The third-order valence-corrected chi connectivity index (χ3v) is 3.16. The van der Waals surface area contributed by atoms with Gasteiger partial charge in [0, 0.05) is 0 Å². The van der Waals surface area contributed by atoms with Gasteiger partial charge in [-0.25, -0.2) is 0 Å². The molecular weight excluding hydrogens is 232 g/mol. The Labute approximate surface area is 106 Å². The zero-order valence-electron chi connectivity index (χ0n) is 9.94. The van der Waals surface area contributed by atoms with Gasteiger partial charge in [0.15, 0.2) is 6.29 Å². The van der Waals surface area contributed by atoms with E-state index in [1.807, 2.05) is 30.3 Å². The molecule has 0 spiro atoms. The summed E-state index contributed by atoms with van der Waals surface area (Å²) in [5, 5.41) is 9.74. The average Bonchev–Trinajstić information content (AvgIpc) is 2.74. The largest absolute Gasteiger partial charge is 0.386 e. The lowest BCUT2D eigenvalue weighted by Gasteiger charge is -2.20. The molecule has 96 valence electrons. The van der Waals surface area contributed by atoms with E-state index in [2.05, 4.69) is 0 Å². The molecule has 4 atom stereocenters. The fraction of sp³-hybridized carbons (Fsp3) is 0.429. The smallest absolute Gasteiger partial charge is 0.178 e. The van der Waals surface area contributed by atoms with Gasteiger partial charge < -0.3 is 19.3 Å². The van der Waals surface area contributed by atoms with Gasteiger partial charge in [-0.15, -0.1) is 0 Å². The molecular formula is C14H16O4. The lowest BCUT2D eigenvalue weighted by atomic mass is 10.1. The van der Waals surface area contributed by atoms with Gasteiger partial charge in [0.1, 0.15) is 18.3 Å². The van der Waals surface area contributed by atoms with Crippen LogP contribution in [0.25, 0.3) is 0 Å². The van der Waals surface area contributed by atoms with Crippen LogP contribution in [0.2, 0.25) is 0 Å². The zero-order chi connectivity index (χ0) is 12.4. The number of hydrogen-bond donors (Lipinski definition) is 1. The molecule has 1 saturated heterocycles. The van der Waals surface area contributed by atoms with Crippen molar-refractivity contribution in [2.45, 2.75) is 31.2 Å². The summed E-state index contributed by atoms with van der Waals surface area (Å²) in [6.07, 6.45) is 2.01. The number of rotatable bonds is 4. The van der Waals surface area contributed by atoms with Crippen molar-refractivity contribution < 1.29 is 19.3 Å². The molecule has 0 aliphatic carbocycles. The maximum Gasteiger partial charge on any atom is 0.178 e. The molecule has 1 fully saturated rings. The van der Waals surface area contributed by atoms with Crippen molar-refractivity contribution in [2.24, 2.45) is 0 Å². The minimum absolute atomic E-state index is 0.205. The number of ether oxygens (including phenoxy) is 3. The molecule has 1 N–H and O–H groups in total. The standard InChI is InChI=1S/C14H16O4/c15-11-6-7-13-17-12(14(11)18-13)9-16-8-10-4-2-1-3-5-10/h1-7,11-15H,8-9H2/t11-,12+,13-,14+/m1/s1. The molecule has 3 rings (SSSR count). The van der Waals surface area contributed by atoms with Crippen molar-refractivity contribution in [3.05, 3.63) is 48.0 Å². The van der Waals surface area contributed by atoms with Gasteiger partial charge in [-0.1, -0.05) is 36.4 Å². The minimum Gasteiger partial charge on any atom is -0.386 e. The quantitative estimate of drug-likeness (QED) is 0.815. The Morgan fingerprint density at radius 2 is 1.94 bits per heavy atom. The predicted octanol–water partition coefficient (Wildman–Crippen LogP) is 1.24. The van der Waals surface area contributed by atoms with Crippen LogP contribution in [0.3, 0.4) is 0 Å². The molecule has 0 amide bonds. The van der Waals surface area contributed by atoms with E-state index in [1.54, 1.807) is 12.2 Å². The van der Waals surface area contributed by atoms with Crippen LogP contribution in [0.1, 0.15) is 5.56 Å². The highest BCUT2D eigenvalue weighted by molar-refractivity contribution is 5.13. The summed E-state index contributed by atoms with van der Waals surface area (Å²) in [5.41, 5.74) is 1.12. The monoisotopic (exact) mass is 248 g/mol. The van der Waals surface area contributed by atoms with Gasteiger partial charge in [-0.05, 0) is 11.6 Å². The van der Waals surface area contributed by atoms with Crippen LogP contribution >= 0.6 is 0 Å². The van der Waals surface area contributed by atoms with E-state index in [4.69, 9.17) is 14.2 Å². The van der Waals surface area contributed by atoms with Crippen LogP contribution in [-0.4, -0.2) is 36.3 Å². The second-order valence-corrected chi connectivity index (χ2v) is 4.52. The van der Waals surface area contributed by atoms with Crippen molar-refractivity contribution in [2.75, 3.05) is 6.61 Å². The first-order valence-electron chi connectivity index (χ1n) is 6.12. The molecule has 1 aromatic carbocycles. The van der Waals surface area contributed by atoms with Gasteiger partial charge >= 0.3 is 0 Å². The van der Waals surface area contributed by atoms with E-state index >= 15 is 0 Å². The highest BCUT2D eigenvalue weighted by Gasteiger charge is 2.41. The molecule has 2 heterocycles. The number of benzene rings is 1. The van der Waals surface area contributed by atoms with Crippen LogP contribution < -0.4 is 0 Å². The molecule has 1 aromatic rings. The Bertz CT molecular complexity index is 417. The van der Waals surface area contributed by atoms with E-state index in [9.17, 15) is 5.11 Å². The molecule has 0 unspecified atom stereocenters. The Balaban J connectivity index is 1.50. The lowest BCUT2D eigenvalue weighted by molar-refractivity contribution is -0.0563. The summed E-state index contributed by atoms with van der Waals surface area (Å²) in [4.78, 5) is 0. The summed E-state index contributed by atoms with van der Waals surface area (Å²) in [7, 11) is 0. The molecule has 2 bridgehead atoms. The van der Waals surface area contributed by atoms with Crippen molar-refractivity contribution in [3.63, 3.8) is 0 Å². The highest BCUT2D eigenvalue weighted by Crippen LogP contribution is 2.27. The minimum atomic E-state index is -0.603. The summed E-state index contributed by atoms with van der Waals surface area (Å²) < 4.78 is 16.7. The fourth-order valence-corrected chi connectivity index (χ4v) is 2.23. The average molecular weight is 248 g/mol. The van der Waals surface area contributed by atoms with E-state index in [0.717, 1.165) is 5.56 Å². The molecule has 4 heteroatoms. The second kappa shape index (κ2) is 5.20. The predicted molar refractivity (Wildman–Crippen MR) is 64.8 cm³/mol. The Kier molecular flexibility index (Phi) is 3.43. The molecule has 0 saturated carbocycles. The van der Waals surface area contributed by atoms with Gasteiger partial charge in [-0.3, -0.25) is 0 Å². The zero-order valence-corrected chi connectivity index (χ0v) is 9.94. The maximum atomic E-state index is 9.74. The lowest BCUT2D eigenvalue weighted by Crippen LogP contribution is -2.37. The number of aliphatic hydroxyl groups excluding tert-OH is 1. The first-order chi connectivity index (χ1) is 8.83. The van der Waals surface area contributed by atoms with Crippen LogP contribution in [0, 0.1) is 0 Å². The third kappa shape index (κ3) is 2.47. The summed E-state index contributed by atoms with van der Waals surface area (Å²) in [6.45, 7) is 0.969. The first kappa shape index (κ1) is 11.9. The Morgan fingerprint density at radius 1 is 1.11 bits per heavy atom. The molecule has 18 heavy (non-hydrogen) atoms. The summed E-state index contributed by atoms with van der Waals surface area (Å²) >= 11 is 0. The van der Waals surface area contributed by atoms with Gasteiger partial charge in [0.05, 0.1) is 13.2 Å². The topological polar surface area (TPSA) is 47.9 Å². The molecule has 0 radical (unpaired) electrons. The summed E-state index contributed by atoms with van der Waals surface area (Å²) in [5.74, 6) is 0. The van der Waals surface area contributed by atoms with Crippen LogP contribution in [0.5, 0.6) is 0 Å².